The van der Waals surface area contributed by atoms with E-state index in [4.69, 9.17) is 0 Å². The second-order valence-corrected chi connectivity index (χ2v) is 9.73. The van der Waals surface area contributed by atoms with Crippen LogP contribution in [-0.2, 0) is 20.0 Å². The second kappa shape index (κ2) is 6.55. The van der Waals surface area contributed by atoms with E-state index in [1.54, 1.807) is 19.9 Å². The van der Waals surface area contributed by atoms with Crippen LogP contribution in [0.25, 0.3) is 5.78 Å². The molecule has 3 rings (SSSR count). The van der Waals surface area contributed by atoms with E-state index in [1.807, 2.05) is 0 Å². The van der Waals surface area contributed by atoms with Crippen LogP contribution in [0, 0.1) is 13.8 Å². The predicted octanol–water partition coefficient (Wildman–Crippen LogP) is 0.792. The molecule has 0 unspecified atom stereocenters. The lowest BCUT2D eigenvalue weighted by Crippen LogP contribution is -2.24. The van der Waals surface area contributed by atoms with Crippen LogP contribution < -0.4 is 4.72 Å². The van der Waals surface area contributed by atoms with E-state index in [1.165, 1.54) is 42.9 Å². The summed E-state index contributed by atoms with van der Waals surface area (Å²) in [7, 11) is -5.36. The summed E-state index contributed by atoms with van der Waals surface area (Å²) < 4.78 is 54.9. The molecule has 0 aliphatic carbocycles. The highest BCUT2D eigenvalue weighted by molar-refractivity contribution is 7.92. The first-order chi connectivity index (χ1) is 12.5. The highest BCUT2D eigenvalue weighted by Crippen LogP contribution is 2.25. The minimum Gasteiger partial charge on any atom is -0.276 e. The van der Waals surface area contributed by atoms with E-state index in [9.17, 15) is 16.8 Å². The molecule has 12 heteroatoms. The molecule has 1 aromatic carbocycles. The van der Waals surface area contributed by atoms with E-state index in [0.29, 0.717) is 11.4 Å². The molecule has 144 valence electrons. The van der Waals surface area contributed by atoms with Gasteiger partial charge in [0.2, 0.25) is 10.0 Å². The summed E-state index contributed by atoms with van der Waals surface area (Å²) in [6, 6.07) is 7.45. The molecule has 0 spiro atoms. The Morgan fingerprint density at radius 1 is 1.04 bits per heavy atom. The second-order valence-electron chi connectivity index (χ2n) is 6.03. The van der Waals surface area contributed by atoms with Gasteiger partial charge in [-0.25, -0.2) is 22.2 Å². The summed E-state index contributed by atoms with van der Waals surface area (Å²) in [5.41, 5.74) is 1.25. The highest BCUT2D eigenvalue weighted by Gasteiger charge is 2.27. The molecule has 0 saturated heterocycles. The van der Waals surface area contributed by atoms with Gasteiger partial charge in [0.25, 0.3) is 21.0 Å². The zero-order valence-electron chi connectivity index (χ0n) is 15.1. The topological polar surface area (TPSA) is 127 Å². The van der Waals surface area contributed by atoms with E-state index < -0.39 is 25.2 Å². The van der Waals surface area contributed by atoms with Crippen LogP contribution in [0.4, 0.5) is 5.69 Å². The van der Waals surface area contributed by atoms with Crippen molar-refractivity contribution in [2.75, 3.05) is 18.8 Å². The van der Waals surface area contributed by atoms with E-state index in [-0.39, 0.29) is 16.4 Å². The maximum Gasteiger partial charge on any atom is 0.299 e. The van der Waals surface area contributed by atoms with E-state index in [0.717, 1.165) is 4.31 Å². The number of sulfonamides is 2. The number of nitrogens with zero attached hydrogens (tertiary/aromatic N) is 5. The number of anilines is 1. The molecule has 0 aliphatic heterocycles. The molecule has 0 amide bonds. The molecule has 0 radical (unpaired) electrons. The first kappa shape index (κ1) is 19.2. The van der Waals surface area contributed by atoms with Gasteiger partial charge in [-0.3, -0.25) is 4.72 Å². The Balaban J connectivity index is 2.08. The minimum absolute atomic E-state index is 0.0917. The fraction of sp³-hybridized carbons (Fsp3) is 0.267. The van der Waals surface area contributed by atoms with Gasteiger partial charge >= 0.3 is 0 Å². The van der Waals surface area contributed by atoms with Crippen LogP contribution in [-0.4, -0.2) is 54.8 Å². The Morgan fingerprint density at radius 3 is 2.37 bits per heavy atom. The SMILES string of the molecule is Cc1cc(C)n2nc(S(=O)(=O)Nc3ccccc3S(=O)(=O)N(C)C)nc2n1. The number of hydrogen-bond acceptors (Lipinski definition) is 7. The molecule has 0 aliphatic rings. The third kappa shape index (κ3) is 3.50. The maximum atomic E-state index is 12.7. The lowest BCUT2D eigenvalue weighted by molar-refractivity contribution is 0.521. The van der Waals surface area contributed by atoms with Crippen molar-refractivity contribution in [1.29, 1.82) is 0 Å². The van der Waals surface area contributed by atoms with Crippen molar-refractivity contribution < 1.29 is 16.8 Å². The number of nitrogens with one attached hydrogen (secondary N) is 1. The van der Waals surface area contributed by atoms with Crippen molar-refractivity contribution in [2.45, 2.75) is 23.9 Å². The average molecular weight is 410 g/mol. The molecule has 2 heterocycles. The standard InChI is InChI=1S/C15H18N6O4S2/c1-10-9-11(2)21-14(16-10)17-15(18-21)26(22,23)19-12-7-5-6-8-13(12)27(24,25)20(3)4/h5-9,19H,1-4H3. The van der Waals surface area contributed by atoms with Crippen molar-refractivity contribution in [2.24, 2.45) is 0 Å². The number of hydrogen-bond donors (Lipinski definition) is 1. The summed E-state index contributed by atoms with van der Waals surface area (Å²) in [5.74, 6) is 0.141. The van der Waals surface area contributed by atoms with Crippen molar-refractivity contribution in [1.82, 2.24) is 23.9 Å². The monoisotopic (exact) mass is 410 g/mol. The summed E-state index contributed by atoms with van der Waals surface area (Å²) in [5, 5.41) is 3.48. The molecule has 0 fully saturated rings. The minimum atomic E-state index is -4.23. The fourth-order valence-corrected chi connectivity index (χ4v) is 4.48. The van der Waals surface area contributed by atoms with Gasteiger partial charge in [-0.2, -0.15) is 13.4 Å². The summed E-state index contributed by atoms with van der Waals surface area (Å²) in [4.78, 5) is 7.94. The first-order valence-corrected chi connectivity index (χ1v) is 10.7. The Bertz CT molecular complexity index is 1230. The van der Waals surface area contributed by atoms with Crippen LogP contribution in [0.5, 0.6) is 0 Å². The van der Waals surface area contributed by atoms with Crippen molar-refractivity contribution in [3.8, 4) is 0 Å². The van der Waals surface area contributed by atoms with Crippen LogP contribution in [0.1, 0.15) is 11.4 Å². The van der Waals surface area contributed by atoms with Gasteiger partial charge in [0.05, 0.1) is 5.69 Å². The molecule has 27 heavy (non-hydrogen) atoms. The number of fused-ring (bicyclic) bond motifs is 1. The Kier molecular flexibility index (Phi) is 4.66. The van der Waals surface area contributed by atoms with Crippen LogP contribution >= 0.6 is 0 Å². The van der Waals surface area contributed by atoms with Crippen LogP contribution in [0.15, 0.2) is 40.4 Å². The molecule has 3 aromatic rings. The van der Waals surface area contributed by atoms with Gasteiger partial charge in [0.15, 0.2) is 0 Å². The zero-order chi connectivity index (χ0) is 20.0. The zero-order valence-corrected chi connectivity index (χ0v) is 16.7. The first-order valence-electron chi connectivity index (χ1n) is 7.78. The normalized spacial score (nSPS) is 12.6. The maximum absolute atomic E-state index is 12.7. The summed E-state index contributed by atoms with van der Waals surface area (Å²) in [6.07, 6.45) is 0. The lowest BCUT2D eigenvalue weighted by Gasteiger charge is -2.15. The van der Waals surface area contributed by atoms with Crippen LogP contribution in [0.2, 0.25) is 0 Å². The lowest BCUT2D eigenvalue weighted by atomic mass is 10.3. The van der Waals surface area contributed by atoms with Gasteiger partial charge in [0.1, 0.15) is 4.90 Å². The largest absolute Gasteiger partial charge is 0.299 e. The molecular formula is C15H18N6O4S2. The molecule has 10 nitrogen and oxygen atoms in total. The molecule has 0 atom stereocenters. The molecule has 0 bridgehead atoms. The third-order valence-corrected chi connectivity index (χ3v) is 6.74. The van der Waals surface area contributed by atoms with Gasteiger partial charge in [-0.1, -0.05) is 12.1 Å². The Morgan fingerprint density at radius 2 is 1.70 bits per heavy atom. The van der Waals surface area contributed by atoms with Crippen molar-refractivity contribution in [3.63, 3.8) is 0 Å². The van der Waals surface area contributed by atoms with Gasteiger partial charge in [0, 0.05) is 25.5 Å². The average Bonchev–Trinajstić information content (AvgIpc) is 3.00. The van der Waals surface area contributed by atoms with Crippen LogP contribution in [0.3, 0.4) is 0 Å². The summed E-state index contributed by atoms with van der Waals surface area (Å²) in [6.45, 7) is 3.51. The van der Waals surface area contributed by atoms with E-state index >= 15 is 0 Å². The number of aryl methyl sites for hydroxylation is 2. The van der Waals surface area contributed by atoms with Crippen molar-refractivity contribution in [3.05, 3.63) is 41.7 Å². The Labute approximate surface area is 157 Å². The molecule has 2 aromatic heterocycles. The van der Waals surface area contributed by atoms with Gasteiger partial charge < -0.3 is 0 Å². The fourth-order valence-electron chi connectivity index (χ4n) is 2.42. The predicted molar refractivity (Wildman–Crippen MR) is 98.4 cm³/mol. The number of aromatic nitrogens is 4. The molecule has 0 saturated carbocycles. The quantitative estimate of drug-likeness (QED) is 0.659. The summed E-state index contributed by atoms with van der Waals surface area (Å²) >= 11 is 0. The molecular weight excluding hydrogens is 392 g/mol. The highest BCUT2D eigenvalue weighted by atomic mass is 32.2. The van der Waals surface area contributed by atoms with Crippen molar-refractivity contribution >= 4 is 31.5 Å². The van der Waals surface area contributed by atoms with Gasteiger partial charge in [-0.15, -0.1) is 5.10 Å². The number of para-hydroxylation sites is 1. The smallest absolute Gasteiger partial charge is 0.276 e. The van der Waals surface area contributed by atoms with Gasteiger partial charge in [-0.05, 0) is 32.0 Å². The molecule has 1 N–H and O–H groups in total. The van der Waals surface area contributed by atoms with E-state index in [2.05, 4.69) is 19.8 Å². The number of benzene rings is 1. The number of rotatable bonds is 5. The third-order valence-electron chi connectivity index (χ3n) is 3.73. The Hall–Kier alpha value is -2.57.